The first-order valence-corrected chi connectivity index (χ1v) is 21.2. The lowest BCUT2D eigenvalue weighted by Gasteiger charge is -2.47. The zero-order valence-corrected chi connectivity index (χ0v) is 34.4. The molecule has 0 bridgehead atoms. The highest BCUT2D eigenvalue weighted by molar-refractivity contribution is 5.87. The summed E-state index contributed by atoms with van der Waals surface area (Å²) in [6.07, 6.45) is -3.63. The van der Waals surface area contributed by atoms with Gasteiger partial charge in [-0.1, -0.05) is 83.6 Å². The molecule has 3 saturated heterocycles. The highest BCUT2D eigenvalue weighted by Crippen LogP contribution is 2.34. The van der Waals surface area contributed by atoms with Crippen molar-refractivity contribution in [3.05, 3.63) is 45.3 Å². The minimum absolute atomic E-state index is 0.597. The molecule has 3 fully saturated rings. The third-order valence-electron chi connectivity index (χ3n) is 11.3. The van der Waals surface area contributed by atoms with Crippen molar-refractivity contribution in [1.82, 2.24) is 20.2 Å². The molecule has 15 atom stereocenters. The molecule has 60 heavy (non-hydrogen) atoms. The Kier molecular flexibility index (Phi) is 20.2. The standard InChI is InChI=1S/C40H66N4O16/c1-3-4-5-6-7-8-9-10-11-12-13-14-15-16-17-26(48)42-29-33(53)30(50)24(57-39(29)60-38-28(41-22(2)46)32(52)31(51)25(21-45)58-38)20-23(47)36-34(54)35(55)37(59-36)44-19-18-27(49)43-40(44)56/h16-19,23-25,28-39,45,47,50-55H,3-15,20-21H2,1-2H3,(H,41,46)(H,42,48)(H,43,49,56)/b17-16+/t23-,24+,25+,28+,29+,30-,31+,32+,33+,34-,35+,36+,37+,38-,39-/m0/s1. The molecule has 4 rings (SSSR count). The molecule has 4 heterocycles. The van der Waals surface area contributed by atoms with Crippen LogP contribution in [0.25, 0.3) is 0 Å². The van der Waals surface area contributed by atoms with Crippen molar-refractivity contribution >= 4 is 11.8 Å². The number of aromatic nitrogens is 2. The summed E-state index contributed by atoms with van der Waals surface area (Å²) in [5.41, 5.74) is -1.68. The molecule has 3 aliphatic heterocycles. The van der Waals surface area contributed by atoms with Crippen LogP contribution in [0.1, 0.15) is 110 Å². The van der Waals surface area contributed by atoms with Gasteiger partial charge < -0.3 is 70.4 Å². The number of ether oxygens (including phenoxy) is 4. The van der Waals surface area contributed by atoms with E-state index >= 15 is 0 Å². The van der Waals surface area contributed by atoms with E-state index in [0.29, 0.717) is 6.42 Å². The van der Waals surface area contributed by atoms with Crippen LogP contribution in [0.3, 0.4) is 0 Å². The van der Waals surface area contributed by atoms with Gasteiger partial charge in [-0.25, -0.2) is 4.79 Å². The topological polar surface area (TPSA) is 312 Å². The van der Waals surface area contributed by atoms with Gasteiger partial charge in [0.05, 0.1) is 18.8 Å². The predicted molar refractivity (Wildman–Crippen MR) is 212 cm³/mol. The van der Waals surface area contributed by atoms with E-state index < -0.39 is 128 Å². The number of nitrogens with zero attached hydrogens (tertiary/aromatic N) is 1. The van der Waals surface area contributed by atoms with Gasteiger partial charge in [-0.2, -0.15) is 0 Å². The van der Waals surface area contributed by atoms with E-state index in [1.54, 1.807) is 6.08 Å². The quantitative estimate of drug-likeness (QED) is 0.0438. The molecule has 0 spiro atoms. The molecule has 0 saturated carbocycles. The summed E-state index contributed by atoms with van der Waals surface area (Å²) in [5.74, 6) is -1.35. The first-order chi connectivity index (χ1) is 28.7. The van der Waals surface area contributed by atoms with Gasteiger partial charge in [0.1, 0.15) is 60.9 Å². The third-order valence-corrected chi connectivity index (χ3v) is 11.3. The van der Waals surface area contributed by atoms with E-state index in [-0.39, 0.29) is 0 Å². The molecule has 1 aromatic heterocycles. The minimum Gasteiger partial charge on any atom is -0.394 e. The Morgan fingerprint density at radius 3 is 1.90 bits per heavy atom. The van der Waals surface area contributed by atoms with Gasteiger partial charge in [-0.3, -0.25) is 23.9 Å². The van der Waals surface area contributed by atoms with E-state index in [1.807, 2.05) is 4.98 Å². The number of aliphatic hydroxyl groups excluding tert-OH is 8. The van der Waals surface area contributed by atoms with Gasteiger partial charge in [0.25, 0.3) is 5.56 Å². The highest BCUT2D eigenvalue weighted by atomic mass is 16.8. The van der Waals surface area contributed by atoms with Crippen LogP contribution >= 0.6 is 0 Å². The monoisotopic (exact) mass is 858 g/mol. The zero-order valence-electron chi connectivity index (χ0n) is 34.4. The second kappa shape index (κ2) is 24.5. The van der Waals surface area contributed by atoms with Crippen molar-refractivity contribution in [2.24, 2.45) is 0 Å². The summed E-state index contributed by atoms with van der Waals surface area (Å²) in [5, 5.41) is 91.5. The maximum Gasteiger partial charge on any atom is 0.330 e. The third kappa shape index (κ3) is 13.7. The average molecular weight is 859 g/mol. The molecule has 3 aliphatic rings. The van der Waals surface area contributed by atoms with Crippen LogP contribution < -0.4 is 21.9 Å². The van der Waals surface area contributed by atoms with E-state index in [0.717, 1.165) is 49.4 Å². The van der Waals surface area contributed by atoms with Crippen LogP contribution in [0, 0.1) is 0 Å². The van der Waals surface area contributed by atoms with Crippen molar-refractivity contribution in [3.8, 4) is 0 Å². The summed E-state index contributed by atoms with van der Waals surface area (Å²) in [7, 11) is 0. The maximum atomic E-state index is 13.2. The fraction of sp³-hybridized carbons (Fsp3) is 0.800. The Labute approximate surface area is 348 Å². The minimum atomic E-state index is -1.85. The van der Waals surface area contributed by atoms with E-state index in [2.05, 4.69) is 17.6 Å². The first kappa shape index (κ1) is 49.5. The van der Waals surface area contributed by atoms with E-state index in [1.165, 1.54) is 57.4 Å². The average Bonchev–Trinajstić information content (AvgIpc) is 3.50. The molecular weight excluding hydrogens is 792 g/mol. The Balaban J connectivity index is 1.42. The second-order valence-corrected chi connectivity index (χ2v) is 16.0. The number of hydrogen-bond acceptors (Lipinski definition) is 16. The number of aliphatic hydroxyl groups is 8. The second-order valence-electron chi connectivity index (χ2n) is 16.0. The van der Waals surface area contributed by atoms with Gasteiger partial charge in [-0.05, 0) is 18.9 Å². The molecular formula is C40H66N4O16. The smallest absolute Gasteiger partial charge is 0.330 e. The number of H-pyrrole nitrogens is 1. The Morgan fingerprint density at radius 2 is 1.33 bits per heavy atom. The van der Waals surface area contributed by atoms with E-state index in [4.69, 9.17) is 18.9 Å². The molecule has 1 aromatic rings. The first-order valence-electron chi connectivity index (χ1n) is 21.2. The molecule has 0 unspecified atom stereocenters. The van der Waals surface area contributed by atoms with Crippen molar-refractivity contribution < 1.29 is 69.4 Å². The Morgan fingerprint density at radius 1 is 0.783 bits per heavy atom. The Hall–Kier alpha value is -3.12. The van der Waals surface area contributed by atoms with Gasteiger partial charge in [-0.15, -0.1) is 0 Å². The number of allylic oxidation sites excluding steroid dienone is 1. The lowest BCUT2D eigenvalue weighted by Crippen LogP contribution is -2.68. The summed E-state index contributed by atoms with van der Waals surface area (Å²) in [6, 6.07) is -2.01. The number of nitrogens with one attached hydrogen (secondary N) is 3. The van der Waals surface area contributed by atoms with Crippen LogP contribution in [-0.2, 0) is 28.5 Å². The molecule has 2 amide bonds. The molecule has 11 N–H and O–H groups in total. The van der Waals surface area contributed by atoms with Crippen LogP contribution in [0.5, 0.6) is 0 Å². The maximum absolute atomic E-state index is 13.2. The number of rotatable bonds is 23. The highest BCUT2D eigenvalue weighted by Gasteiger charge is 2.53. The van der Waals surface area contributed by atoms with Crippen molar-refractivity contribution in [2.45, 2.75) is 196 Å². The Bertz CT molecular complexity index is 1610. The lowest BCUT2D eigenvalue weighted by atomic mass is 9.91. The van der Waals surface area contributed by atoms with Crippen molar-refractivity contribution in [3.63, 3.8) is 0 Å². The normalized spacial score (nSPS) is 33.8. The number of unbranched alkanes of at least 4 members (excludes halogenated alkanes) is 12. The summed E-state index contributed by atoms with van der Waals surface area (Å²) in [6.45, 7) is 2.56. The number of carbonyl (C=O) groups is 2. The largest absolute Gasteiger partial charge is 0.394 e. The predicted octanol–water partition coefficient (Wildman–Crippen LogP) is -1.55. The van der Waals surface area contributed by atoms with Gasteiger partial charge >= 0.3 is 5.69 Å². The van der Waals surface area contributed by atoms with Crippen molar-refractivity contribution in [2.75, 3.05) is 6.61 Å². The van der Waals surface area contributed by atoms with Gasteiger partial charge in [0.2, 0.25) is 11.8 Å². The number of aromatic amines is 1. The molecule has 0 radical (unpaired) electrons. The number of carbonyl (C=O) groups excluding carboxylic acids is 2. The zero-order chi connectivity index (χ0) is 43.9. The van der Waals surface area contributed by atoms with E-state index in [9.17, 15) is 60.0 Å². The summed E-state index contributed by atoms with van der Waals surface area (Å²) < 4.78 is 24.1. The molecule has 20 heteroatoms. The van der Waals surface area contributed by atoms with Crippen LogP contribution in [-0.4, -0.2) is 155 Å². The van der Waals surface area contributed by atoms with Gasteiger partial charge in [0.15, 0.2) is 18.8 Å². The fourth-order valence-electron chi connectivity index (χ4n) is 7.85. The molecule has 20 nitrogen and oxygen atoms in total. The van der Waals surface area contributed by atoms with Crippen LogP contribution in [0.15, 0.2) is 34.0 Å². The molecule has 342 valence electrons. The van der Waals surface area contributed by atoms with Crippen LogP contribution in [0.4, 0.5) is 0 Å². The number of hydrogen-bond donors (Lipinski definition) is 11. The van der Waals surface area contributed by atoms with Crippen molar-refractivity contribution in [1.29, 1.82) is 0 Å². The summed E-state index contributed by atoms with van der Waals surface area (Å²) >= 11 is 0. The molecule has 0 aliphatic carbocycles. The SMILES string of the molecule is CCCCCCCCCCCCCC/C=C/C(=O)N[C@H]1[C@H](O[C@@H]2O[C@H](CO)[C@@H](O)[C@H](O)[C@H]2NC(C)=O)O[C@H](C[C@H](O)[C@H]2O[C@@H](n3ccc(=O)[nH]c3=O)[C@H](O)[C@@H]2O)[C@H](O)[C@@H]1O. The lowest BCUT2D eigenvalue weighted by molar-refractivity contribution is -0.346. The fourth-order valence-corrected chi connectivity index (χ4v) is 7.85. The summed E-state index contributed by atoms with van der Waals surface area (Å²) in [4.78, 5) is 51.2. The van der Waals surface area contributed by atoms with Crippen LogP contribution in [0.2, 0.25) is 0 Å². The van der Waals surface area contributed by atoms with Gasteiger partial charge in [0, 0.05) is 25.6 Å². The number of amides is 2. The molecule has 0 aromatic carbocycles.